The van der Waals surface area contributed by atoms with Gasteiger partial charge in [-0.25, -0.2) is 9.80 Å². The van der Waals surface area contributed by atoms with Crippen LogP contribution in [-0.4, -0.2) is 60.2 Å². The Morgan fingerprint density at radius 3 is 2.87 bits per heavy atom. The highest BCUT2D eigenvalue weighted by Crippen LogP contribution is 2.12. The maximum Gasteiger partial charge on any atom is 0.353 e. The minimum absolute atomic E-state index is 0.298. The summed E-state index contributed by atoms with van der Waals surface area (Å²) in [7, 11) is 0. The van der Waals surface area contributed by atoms with E-state index in [0.29, 0.717) is 12.4 Å². The van der Waals surface area contributed by atoms with Gasteiger partial charge in [0.1, 0.15) is 12.4 Å². The molecular formula is C9H14N4O2. The topological polar surface area (TPSA) is 68.2 Å². The van der Waals surface area contributed by atoms with Gasteiger partial charge in [0, 0.05) is 32.4 Å². The van der Waals surface area contributed by atoms with E-state index in [0.717, 1.165) is 26.2 Å². The van der Waals surface area contributed by atoms with Crippen molar-refractivity contribution in [3.63, 3.8) is 0 Å². The highest BCUT2D eigenvalue weighted by molar-refractivity contribution is 5.92. The van der Waals surface area contributed by atoms with Crippen LogP contribution in [0.4, 0.5) is 0 Å². The number of nitrogens with zero attached hydrogens (tertiary/aromatic N) is 3. The first-order valence-corrected chi connectivity index (χ1v) is 4.95. The summed E-state index contributed by atoms with van der Waals surface area (Å²) in [5.41, 5.74) is 0.298. The lowest BCUT2D eigenvalue weighted by atomic mass is 10.3. The molecule has 6 heteroatoms. The zero-order valence-electron chi connectivity index (χ0n) is 8.39. The smallest absolute Gasteiger partial charge is 0.353 e. The predicted octanol–water partition coefficient (Wildman–Crippen LogP) is -0.881. The molecule has 0 aromatic rings. The Bertz CT molecular complexity index is 307. The number of allylic oxidation sites excluding steroid dienone is 1. The van der Waals surface area contributed by atoms with E-state index in [1.165, 1.54) is 6.08 Å². The average Bonchev–Trinajstić information content (AvgIpc) is 2.30. The summed E-state index contributed by atoms with van der Waals surface area (Å²) in [6, 6.07) is 0. The lowest BCUT2D eigenvalue weighted by Gasteiger charge is -2.38. The van der Waals surface area contributed by atoms with Crippen LogP contribution in [0.2, 0.25) is 0 Å². The fourth-order valence-electron chi connectivity index (χ4n) is 1.73. The number of hydrazine groups is 1. The molecule has 2 aliphatic rings. The minimum atomic E-state index is -0.903. The molecule has 2 heterocycles. The third kappa shape index (κ3) is 2.16. The molecule has 2 N–H and O–H groups in total. The minimum Gasteiger partial charge on any atom is -0.477 e. The fraction of sp³-hybridized carbons (Fsp3) is 0.556. The van der Waals surface area contributed by atoms with Gasteiger partial charge in [0.25, 0.3) is 0 Å². The third-order valence-corrected chi connectivity index (χ3v) is 2.49. The van der Waals surface area contributed by atoms with Gasteiger partial charge in [-0.1, -0.05) is 0 Å². The van der Waals surface area contributed by atoms with E-state index < -0.39 is 5.97 Å². The number of carboxylic acid groups (broad SMARTS) is 1. The van der Waals surface area contributed by atoms with Crippen molar-refractivity contribution >= 4 is 12.2 Å². The first kappa shape index (κ1) is 10.1. The molecule has 82 valence electrons. The van der Waals surface area contributed by atoms with Gasteiger partial charge in [0.15, 0.2) is 0 Å². The predicted molar refractivity (Wildman–Crippen MR) is 55.4 cm³/mol. The number of nitrogens with one attached hydrogen (secondary N) is 1. The van der Waals surface area contributed by atoms with E-state index in [-0.39, 0.29) is 0 Å². The van der Waals surface area contributed by atoms with Crippen molar-refractivity contribution in [2.24, 2.45) is 4.99 Å². The average molecular weight is 210 g/mol. The maximum atomic E-state index is 11.0. The molecule has 1 saturated heterocycles. The number of carbonyl (C=O) groups is 1. The van der Waals surface area contributed by atoms with E-state index in [1.54, 1.807) is 11.2 Å². The summed E-state index contributed by atoms with van der Waals surface area (Å²) in [5.74, 6) is -0.903. The third-order valence-electron chi connectivity index (χ3n) is 2.49. The van der Waals surface area contributed by atoms with Crippen LogP contribution in [0, 0.1) is 0 Å². The Morgan fingerprint density at radius 1 is 1.47 bits per heavy atom. The van der Waals surface area contributed by atoms with Gasteiger partial charge in [-0.15, -0.1) is 0 Å². The summed E-state index contributed by atoms with van der Waals surface area (Å²) in [4.78, 5) is 15.1. The quantitative estimate of drug-likeness (QED) is 0.619. The molecule has 0 aromatic carbocycles. The van der Waals surface area contributed by atoms with Gasteiger partial charge in [-0.05, 0) is 6.08 Å². The summed E-state index contributed by atoms with van der Waals surface area (Å²) >= 11 is 0. The van der Waals surface area contributed by atoms with Crippen LogP contribution in [-0.2, 0) is 4.79 Å². The van der Waals surface area contributed by atoms with Crippen LogP contribution in [0.15, 0.2) is 16.8 Å². The first-order valence-electron chi connectivity index (χ1n) is 4.95. The molecule has 0 radical (unpaired) electrons. The van der Waals surface area contributed by atoms with E-state index in [1.807, 2.05) is 5.01 Å². The Morgan fingerprint density at radius 2 is 2.20 bits per heavy atom. The van der Waals surface area contributed by atoms with Gasteiger partial charge < -0.3 is 10.4 Å². The summed E-state index contributed by atoms with van der Waals surface area (Å²) < 4.78 is 0. The normalized spacial score (nSPS) is 22.7. The number of rotatable bonds is 2. The summed E-state index contributed by atoms with van der Waals surface area (Å²) in [6.45, 7) is 3.80. The Labute approximate surface area is 87.8 Å². The molecular weight excluding hydrogens is 196 g/mol. The second-order valence-electron chi connectivity index (χ2n) is 3.43. The maximum absolute atomic E-state index is 11.0. The largest absolute Gasteiger partial charge is 0.477 e. The fourth-order valence-corrected chi connectivity index (χ4v) is 1.73. The van der Waals surface area contributed by atoms with Gasteiger partial charge in [-0.3, -0.25) is 10.0 Å². The number of carboxylic acids is 1. The van der Waals surface area contributed by atoms with Crippen LogP contribution >= 0.6 is 0 Å². The first-order chi connectivity index (χ1) is 7.29. The van der Waals surface area contributed by atoms with Crippen molar-refractivity contribution < 1.29 is 9.90 Å². The lowest BCUT2D eigenvalue weighted by Crippen LogP contribution is -2.53. The van der Waals surface area contributed by atoms with Crippen molar-refractivity contribution in [2.45, 2.75) is 0 Å². The Hall–Kier alpha value is -1.40. The van der Waals surface area contributed by atoms with Crippen molar-refractivity contribution in [3.05, 3.63) is 11.8 Å². The van der Waals surface area contributed by atoms with Gasteiger partial charge in [0.05, 0.1) is 0 Å². The molecule has 0 saturated carbocycles. The molecule has 0 unspecified atom stereocenters. The van der Waals surface area contributed by atoms with Gasteiger partial charge in [-0.2, -0.15) is 0 Å². The van der Waals surface area contributed by atoms with Gasteiger partial charge in [0.2, 0.25) is 0 Å². The highest BCUT2D eigenvalue weighted by atomic mass is 16.4. The molecule has 0 bridgehead atoms. The SMILES string of the molecule is O=C(O)C1=CC=NCN1N1CCNCC1. The van der Waals surface area contributed by atoms with Crippen molar-refractivity contribution in [1.29, 1.82) is 0 Å². The molecule has 0 amide bonds. The molecule has 0 aliphatic carbocycles. The molecule has 15 heavy (non-hydrogen) atoms. The number of piperazine rings is 1. The van der Waals surface area contributed by atoms with Crippen molar-refractivity contribution in [1.82, 2.24) is 15.3 Å². The number of aliphatic imine (C=N–C) groups is 1. The Kier molecular flexibility index (Phi) is 2.98. The standard InChI is InChI=1S/C9H14N4O2/c14-9(15)8-1-2-11-7-13(8)12-5-3-10-4-6-12/h1-2,10H,3-7H2,(H,14,15). The van der Waals surface area contributed by atoms with Crippen LogP contribution in [0.3, 0.4) is 0 Å². The molecule has 1 fully saturated rings. The second kappa shape index (κ2) is 4.41. The van der Waals surface area contributed by atoms with E-state index in [4.69, 9.17) is 5.11 Å². The molecule has 0 aromatic heterocycles. The Balaban J connectivity index is 2.10. The second-order valence-corrected chi connectivity index (χ2v) is 3.43. The van der Waals surface area contributed by atoms with Crippen molar-refractivity contribution in [3.8, 4) is 0 Å². The monoisotopic (exact) mass is 210 g/mol. The van der Waals surface area contributed by atoms with Gasteiger partial charge >= 0.3 is 5.97 Å². The zero-order chi connectivity index (χ0) is 10.7. The molecule has 0 atom stereocenters. The zero-order valence-corrected chi connectivity index (χ0v) is 8.39. The molecule has 2 rings (SSSR count). The molecule has 2 aliphatic heterocycles. The van der Waals surface area contributed by atoms with E-state index in [2.05, 4.69) is 10.3 Å². The van der Waals surface area contributed by atoms with Crippen LogP contribution in [0.1, 0.15) is 0 Å². The number of aliphatic carboxylic acids is 1. The van der Waals surface area contributed by atoms with Crippen LogP contribution < -0.4 is 5.32 Å². The summed E-state index contributed by atoms with van der Waals surface area (Å²) in [5, 5.41) is 16.0. The van der Waals surface area contributed by atoms with Crippen molar-refractivity contribution in [2.75, 3.05) is 32.8 Å². The molecule has 6 nitrogen and oxygen atoms in total. The summed E-state index contributed by atoms with van der Waals surface area (Å²) in [6.07, 6.45) is 3.08. The number of hydrogen-bond donors (Lipinski definition) is 2. The van der Waals surface area contributed by atoms with Crippen LogP contribution in [0.5, 0.6) is 0 Å². The highest BCUT2D eigenvalue weighted by Gasteiger charge is 2.24. The van der Waals surface area contributed by atoms with E-state index >= 15 is 0 Å². The number of hydrogen-bond acceptors (Lipinski definition) is 5. The lowest BCUT2D eigenvalue weighted by molar-refractivity contribution is -0.138. The molecule has 0 spiro atoms. The van der Waals surface area contributed by atoms with Crippen LogP contribution in [0.25, 0.3) is 0 Å². The van der Waals surface area contributed by atoms with E-state index in [9.17, 15) is 4.79 Å².